The molecule has 31 heavy (non-hydrogen) atoms. The van der Waals surface area contributed by atoms with Crippen LogP contribution in [0, 0.1) is 6.92 Å². The average Bonchev–Trinajstić information content (AvgIpc) is 3.43. The van der Waals surface area contributed by atoms with Crippen molar-refractivity contribution in [3.05, 3.63) is 71.9 Å². The maximum absolute atomic E-state index is 12.5. The van der Waals surface area contributed by atoms with E-state index >= 15 is 0 Å². The molecule has 0 atom stereocenters. The van der Waals surface area contributed by atoms with Crippen LogP contribution in [0.4, 0.5) is 5.82 Å². The summed E-state index contributed by atoms with van der Waals surface area (Å²) in [5.74, 6) is 1.42. The molecule has 0 radical (unpaired) electrons. The van der Waals surface area contributed by atoms with Crippen LogP contribution in [-0.2, 0) is 11.3 Å². The molecule has 0 aliphatic heterocycles. The molecule has 2 aromatic carbocycles. The zero-order valence-corrected chi connectivity index (χ0v) is 17.9. The van der Waals surface area contributed by atoms with E-state index in [-0.39, 0.29) is 11.7 Å². The Hall–Kier alpha value is -3.66. The number of anilines is 1. The summed E-state index contributed by atoms with van der Waals surface area (Å²) in [6, 6.07) is 17.3. The minimum Gasteiger partial charge on any atom is -0.497 e. The smallest absolute Gasteiger partial charge is 0.235 e. The Bertz CT molecular complexity index is 1150. The molecule has 0 spiro atoms. The number of rotatable bonds is 8. The SMILES string of the molecule is COc1ccc(Cn2nccc2NC(=O)CSc2nnnn2-c2ccc(C)cc2)cc1. The Morgan fingerprint density at radius 1 is 1.10 bits per heavy atom. The Balaban J connectivity index is 1.37. The Morgan fingerprint density at radius 3 is 2.61 bits per heavy atom. The van der Waals surface area contributed by atoms with Crippen molar-refractivity contribution in [3.63, 3.8) is 0 Å². The van der Waals surface area contributed by atoms with Gasteiger partial charge in [-0.05, 0) is 47.2 Å². The number of ether oxygens (including phenoxy) is 1. The summed E-state index contributed by atoms with van der Waals surface area (Å²) in [5, 5.41) is 19.5. The van der Waals surface area contributed by atoms with Crippen molar-refractivity contribution >= 4 is 23.5 Å². The molecule has 9 nitrogen and oxygen atoms in total. The topological polar surface area (TPSA) is 99.8 Å². The second kappa shape index (κ2) is 9.43. The molecule has 1 N–H and O–H groups in total. The van der Waals surface area contributed by atoms with Gasteiger partial charge in [-0.3, -0.25) is 4.79 Å². The van der Waals surface area contributed by atoms with E-state index in [2.05, 4.69) is 25.9 Å². The fourth-order valence-corrected chi connectivity index (χ4v) is 3.59. The maximum Gasteiger partial charge on any atom is 0.235 e. The molecule has 2 aromatic heterocycles. The minimum absolute atomic E-state index is 0.167. The summed E-state index contributed by atoms with van der Waals surface area (Å²) in [5.41, 5.74) is 3.04. The highest BCUT2D eigenvalue weighted by atomic mass is 32.2. The largest absolute Gasteiger partial charge is 0.497 e. The molecule has 1 amide bonds. The van der Waals surface area contributed by atoms with E-state index in [4.69, 9.17) is 4.74 Å². The van der Waals surface area contributed by atoms with Crippen LogP contribution in [0.5, 0.6) is 5.75 Å². The van der Waals surface area contributed by atoms with Gasteiger partial charge >= 0.3 is 0 Å². The van der Waals surface area contributed by atoms with Gasteiger partial charge in [0.25, 0.3) is 0 Å². The number of tetrazole rings is 1. The van der Waals surface area contributed by atoms with Crippen molar-refractivity contribution in [3.8, 4) is 11.4 Å². The number of thioether (sulfide) groups is 1. The molecule has 0 unspecified atom stereocenters. The van der Waals surface area contributed by atoms with Crippen LogP contribution >= 0.6 is 11.8 Å². The number of hydrogen-bond donors (Lipinski definition) is 1. The highest BCUT2D eigenvalue weighted by Crippen LogP contribution is 2.19. The highest BCUT2D eigenvalue weighted by molar-refractivity contribution is 7.99. The first kappa shape index (κ1) is 20.6. The van der Waals surface area contributed by atoms with Gasteiger partial charge in [0, 0.05) is 6.07 Å². The summed E-state index contributed by atoms with van der Waals surface area (Å²) in [7, 11) is 1.63. The molecule has 4 aromatic rings. The maximum atomic E-state index is 12.5. The van der Waals surface area contributed by atoms with Gasteiger partial charge in [0.05, 0.1) is 31.3 Å². The van der Waals surface area contributed by atoms with E-state index in [1.165, 1.54) is 11.8 Å². The second-order valence-corrected chi connectivity index (χ2v) is 7.71. The lowest BCUT2D eigenvalue weighted by molar-refractivity contribution is -0.113. The van der Waals surface area contributed by atoms with E-state index in [0.717, 1.165) is 22.6 Å². The summed E-state index contributed by atoms with van der Waals surface area (Å²) in [4.78, 5) is 12.5. The number of carbonyl (C=O) groups is 1. The lowest BCUT2D eigenvalue weighted by Crippen LogP contribution is -2.18. The van der Waals surface area contributed by atoms with Gasteiger partial charge in [0.1, 0.15) is 11.6 Å². The number of nitrogens with one attached hydrogen (secondary N) is 1. The van der Waals surface area contributed by atoms with Gasteiger partial charge in [-0.15, -0.1) is 5.10 Å². The van der Waals surface area contributed by atoms with E-state index in [1.807, 2.05) is 55.5 Å². The zero-order chi connectivity index (χ0) is 21.6. The van der Waals surface area contributed by atoms with Gasteiger partial charge in [-0.2, -0.15) is 9.78 Å². The molecule has 10 heteroatoms. The Kier molecular flexibility index (Phi) is 6.27. The van der Waals surface area contributed by atoms with Crippen LogP contribution in [0.1, 0.15) is 11.1 Å². The molecule has 4 rings (SSSR count). The number of aryl methyl sites for hydroxylation is 1. The molecule has 0 bridgehead atoms. The first-order valence-electron chi connectivity index (χ1n) is 9.55. The quantitative estimate of drug-likeness (QED) is 0.425. The molecule has 0 aliphatic rings. The summed E-state index contributed by atoms with van der Waals surface area (Å²) in [6.45, 7) is 2.55. The number of nitrogens with zero attached hydrogens (tertiary/aromatic N) is 6. The number of carbonyl (C=O) groups excluding carboxylic acids is 1. The molecule has 0 fully saturated rings. The third-order valence-electron chi connectivity index (χ3n) is 4.53. The Morgan fingerprint density at radius 2 is 1.87 bits per heavy atom. The van der Waals surface area contributed by atoms with E-state index in [0.29, 0.717) is 17.5 Å². The number of amides is 1. The number of benzene rings is 2. The van der Waals surface area contributed by atoms with Gasteiger partial charge in [0.2, 0.25) is 11.1 Å². The van der Waals surface area contributed by atoms with Crippen LogP contribution in [0.25, 0.3) is 5.69 Å². The van der Waals surface area contributed by atoms with Gasteiger partial charge in [-0.25, -0.2) is 4.68 Å². The summed E-state index contributed by atoms with van der Waals surface area (Å²) < 4.78 is 8.54. The highest BCUT2D eigenvalue weighted by Gasteiger charge is 2.13. The Labute approximate surface area is 183 Å². The molecule has 0 saturated heterocycles. The van der Waals surface area contributed by atoms with Gasteiger partial charge < -0.3 is 10.1 Å². The van der Waals surface area contributed by atoms with Crippen molar-refractivity contribution in [2.45, 2.75) is 18.6 Å². The van der Waals surface area contributed by atoms with E-state index in [9.17, 15) is 4.79 Å². The first-order chi connectivity index (χ1) is 15.1. The summed E-state index contributed by atoms with van der Waals surface area (Å²) in [6.07, 6.45) is 1.66. The third-order valence-corrected chi connectivity index (χ3v) is 5.45. The normalized spacial score (nSPS) is 10.8. The fraction of sp³-hybridized carbons (Fsp3) is 0.190. The monoisotopic (exact) mass is 435 g/mol. The average molecular weight is 436 g/mol. The first-order valence-corrected chi connectivity index (χ1v) is 10.5. The number of aromatic nitrogens is 6. The molecule has 0 saturated carbocycles. The lowest BCUT2D eigenvalue weighted by atomic mass is 10.2. The van der Waals surface area contributed by atoms with Crippen LogP contribution in [0.15, 0.2) is 66.0 Å². The van der Waals surface area contributed by atoms with E-state index < -0.39 is 0 Å². The second-order valence-electron chi connectivity index (χ2n) is 6.77. The van der Waals surface area contributed by atoms with Crippen molar-refractivity contribution in [2.75, 3.05) is 18.2 Å². The zero-order valence-electron chi connectivity index (χ0n) is 17.1. The van der Waals surface area contributed by atoms with Crippen LogP contribution in [-0.4, -0.2) is 48.8 Å². The van der Waals surface area contributed by atoms with Gasteiger partial charge in [-0.1, -0.05) is 41.6 Å². The predicted octanol–water partition coefficient (Wildman–Crippen LogP) is 2.95. The van der Waals surface area contributed by atoms with Crippen LogP contribution in [0.3, 0.4) is 0 Å². The van der Waals surface area contributed by atoms with Crippen LogP contribution in [0.2, 0.25) is 0 Å². The van der Waals surface area contributed by atoms with E-state index in [1.54, 1.807) is 28.7 Å². The van der Waals surface area contributed by atoms with Crippen molar-refractivity contribution in [1.29, 1.82) is 0 Å². The molecule has 0 aliphatic carbocycles. The molecular formula is C21H21N7O2S. The standard InChI is InChI=1S/C21H21N7O2S/c1-15-3-7-17(8-4-15)28-21(24-25-26-28)31-14-20(29)23-19-11-12-22-27(19)13-16-5-9-18(30-2)10-6-16/h3-12H,13-14H2,1-2H3,(H,23,29). The number of hydrogen-bond acceptors (Lipinski definition) is 7. The fourth-order valence-electron chi connectivity index (χ4n) is 2.89. The minimum atomic E-state index is -0.167. The number of methoxy groups -OCH3 is 1. The van der Waals surface area contributed by atoms with Crippen molar-refractivity contribution in [2.24, 2.45) is 0 Å². The van der Waals surface area contributed by atoms with Gasteiger partial charge in [0.15, 0.2) is 0 Å². The van der Waals surface area contributed by atoms with Crippen molar-refractivity contribution < 1.29 is 9.53 Å². The predicted molar refractivity (Wildman–Crippen MR) is 118 cm³/mol. The summed E-state index contributed by atoms with van der Waals surface area (Å²) >= 11 is 1.27. The lowest BCUT2D eigenvalue weighted by Gasteiger charge is -2.10. The van der Waals surface area contributed by atoms with Crippen molar-refractivity contribution in [1.82, 2.24) is 30.0 Å². The third kappa shape index (κ3) is 5.10. The molecular weight excluding hydrogens is 414 g/mol. The van der Waals surface area contributed by atoms with Crippen LogP contribution < -0.4 is 10.1 Å². The molecule has 2 heterocycles. The molecule has 158 valence electrons.